The third-order valence-corrected chi connectivity index (χ3v) is 3.98. The van der Waals surface area contributed by atoms with Gasteiger partial charge in [-0.1, -0.05) is 0 Å². The van der Waals surface area contributed by atoms with Crippen molar-refractivity contribution in [1.82, 2.24) is 0 Å². The van der Waals surface area contributed by atoms with Crippen LogP contribution in [-0.2, 0) is 9.53 Å². The fraction of sp³-hybridized carbons (Fsp3) is 0.562. The number of ether oxygens (including phenoxy) is 3. The highest BCUT2D eigenvalue weighted by Gasteiger charge is 2.25. The van der Waals surface area contributed by atoms with Gasteiger partial charge in [0.15, 0.2) is 11.5 Å². The molecule has 6 nitrogen and oxygen atoms in total. The van der Waals surface area contributed by atoms with Crippen LogP contribution < -0.4 is 19.7 Å². The van der Waals surface area contributed by atoms with Crippen LogP contribution in [0.1, 0.15) is 20.3 Å². The van der Waals surface area contributed by atoms with E-state index in [0.29, 0.717) is 12.2 Å². The monoisotopic (exact) mass is 307 g/mol. The number of benzene rings is 1. The van der Waals surface area contributed by atoms with Crippen LogP contribution in [0.3, 0.4) is 0 Å². The molecule has 120 valence electrons. The molecule has 3 rings (SSSR count). The molecule has 0 unspecified atom stereocenters. The molecule has 0 saturated carbocycles. The number of hydrogen-bond donors (Lipinski definition) is 2. The summed E-state index contributed by atoms with van der Waals surface area (Å²) in [5.74, 6) is 1.43. The van der Waals surface area contributed by atoms with Crippen molar-refractivity contribution >= 4 is 11.6 Å². The van der Waals surface area contributed by atoms with E-state index in [-0.39, 0.29) is 24.9 Å². The van der Waals surface area contributed by atoms with Crippen LogP contribution in [0.25, 0.3) is 0 Å². The number of nitrogens with one attached hydrogen (secondary N) is 2. The van der Waals surface area contributed by atoms with Crippen LogP contribution in [-0.4, -0.2) is 44.5 Å². The first-order valence-corrected chi connectivity index (χ1v) is 7.78. The van der Waals surface area contributed by atoms with Gasteiger partial charge in [0.1, 0.15) is 25.3 Å². The number of morpholine rings is 1. The second-order valence-corrected chi connectivity index (χ2v) is 6.03. The predicted octanol–water partition coefficient (Wildman–Crippen LogP) is 0.436. The zero-order chi connectivity index (χ0) is 15.5. The third-order valence-electron chi connectivity index (χ3n) is 3.98. The van der Waals surface area contributed by atoms with E-state index in [9.17, 15) is 4.79 Å². The first-order chi connectivity index (χ1) is 10.6. The minimum atomic E-state index is 0.0261. The minimum Gasteiger partial charge on any atom is -0.454 e. The van der Waals surface area contributed by atoms with Crippen molar-refractivity contribution in [3.05, 3.63) is 18.2 Å². The lowest BCUT2D eigenvalue weighted by Gasteiger charge is -2.32. The van der Waals surface area contributed by atoms with Gasteiger partial charge in [-0.3, -0.25) is 4.79 Å². The van der Waals surface area contributed by atoms with Gasteiger partial charge in [0.05, 0.1) is 13.0 Å². The maximum absolute atomic E-state index is 12.1. The average molecular weight is 307 g/mol. The van der Waals surface area contributed by atoms with Crippen molar-refractivity contribution in [1.29, 1.82) is 0 Å². The number of quaternary nitrogens is 1. The Kier molecular flexibility index (Phi) is 4.49. The molecule has 1 amide bonds. The maximum atomic E-state index is 12.1. The summed E-state index contributed by atoms with van der Waals surface area (Å²) in [7, 11) is 0. The molecular formula is C16H23N2O4+. The summed E-state index contributed by atoms with van der Waals surface area (Å²) < 4.78 is 16.3. The molecule has 0 bridgehead atoms. The molecule has 0 spiro atoms. The van der Waals surface area contributed by atoms with Gasteiger partial charge in [0.2, 0.25) is 12.7 Å². The van der Waals surface area contributed by atoms with Crippen LogP contribution in [0.2, 0.25) is 0 Å². The Morgan fingerprint density at radius 1 is 1.23 bits per heavy atom. The lowest BCUT2D eigenvalue weighted by Crippen LogP contribution is -3.15. The maximum Gasteiger partial charge on any atom is 0.231 e. The van der Waals surface area contributed by atoms with Crippen molar-refractivity contribution in [2.45, 2.75) is 32.5 Å². The predicted molar refractivity (Wildman–Crippen MR) is 81.4 cm³/mol. The fourth-order valence-electron chi connectivity index (χ4n) is 3.08. The van der Waals surface area contributed by atoms with Crippen molar-refractivity contribution in [3.63, 3.8) is 0 Å². The number of hydrogen-bond acceptors (Lipinski definition) is 4. The lowest BCUT2D eigenvalue weighted by atomic mass is 10.2. The first-order valence-electron chi connectivity index (χ1n) is 7.78. The zero-order valence-electron chi connectivity index (χ0n) is 13.1. The number of rotatable bonds is 4. The van der Waals surface area contributed by atoms with Gasteiger partial charge in [-0.2, -0.15) is 0 Å². The van der Waals surface area contributed by atoms with Gasteiger partial charge in [-0.05, 0) is 26.0 Å². The Labute approximate surface area is 130 Å². The smallest absolute Gasteiger partial charge is 0.231 e. The molecule has 0 aliphatic carbocycles. The molecule has 2 N–H and O–H groups in total. The fourth-order valence-corrected chi connectivity index (χ4v) is 3.08. The van der Waals surface area contributed by atoms with Crippen LogP contribution in [0.15, 0.2) is 18.2 Å². The summed E-state index contributed by atoms with van der Waals surface area (Å²) in [4.78, 5) is 13.5. The van der Waals surface area contributed by atoms with Crippen molar-refractivity contribution in [2.75, 3.05) is 31.7 Å². The van der Waals surface area contributed by atoms with E-state index in [0.717, 1.165) is 31.1 Å². The molecular weight excluding hydrogens is 284 g/mol. The van der Waals surface area contributed by atoms with Crippen LogP contribution in [0, 0.1) is 0 Å². The molecule has 6 heteroatoms. The summed E-state index contributed by atoms with van der Waals surface area (Å²) in [6.07, 6.45) is 1.02. The van der Waals surface area contributed by atoms with Crippen LogP contribution in [0.5, 0.6) is 11.5 Å². The molecule has 22 heavy (non-hydrogen) atoms. The Morgan fingerprint density at radius 2 is 1.95 bits per heavy atom. The number of fused-ring (bicyclic) bond motifs is 1. The molecule has 2 heterocycles. The van der Waals surface area contributed by atoms with E-state index in [1.54, 1.807) is 6.07 Å². The second kappa shape index (κ2) is 6.54. The Hall–Kier alpha value is -1.79. The van der Waals surface area contributed by atoms with Crippen molar-refractivity contribution in [3.8, 4) is 11.5 Å². The third kappa shape index (κ3) is 3.69. The van der Waals surface area contributed by atoms with E-state index >= 15 is 0 Å². The summed E-state index contributed by atoms with van der Waals surface area (Å²) in [6, 6.07) is 5.44. The van der Waals surface area contributed by atoms with Gasteiger partial charge >= 0.3 is 0 Å². The number of amides is 1. The van der Waals surface area contributed by atoms with E-state index in [1.807, 2.05) is 12.1 Å². The molecule has 1 aromatic carbocycles. The van der Waals surface area contributed by atoms with Gasteiger partial charge in [0, 0.05) is 11.8 Å². The summed E-state index contributed by atoms with van der Waals surface area (Å²) in [6.45, 7) is 7.16. The Morgan fingerprint density at radius 3 is 2.73 bits per heavy atom. The molecule has 1 aromatic rings. The standard InChI is InChI=1S/C16H22N2O4/c1-11-8-18(9-12(2)22-11)6-5-16(19)17-13-3-4-14-15(7-13)21-10-20-14/h3-4,7,11-12H,5-6,8-10H2,1-2H3,(H,17,19)/p+1/t11-,12-/m0/s1. The highest BCUT2D eigenvalue weighted by atomic mass is 16.7. The Bertz CT molecular complexity index is 539. The SMILES string of the molecule is C[C@H]1C[NH+](CCC(=O)Nc2ccc3c(c2)OCO3)C[C@H](C)O1. The van der Waals surface area contributed by atoms with Gasteiger partial charge in [-0.25, -0.2) is 0 Å². The Balaban J connectivity index is 1.48. The van der Waals surface area contributed by atoms with Crippen molar-refractivity contribution in [2.24, 2.45) is 0 Å². The minimum absolute atomic E-state index is 0.0261. The van der Waals surface area contributed by atoms with E-state index in [1.165, 1.54) is 4.90 Å². The second-order valence-electron chi connectivity index (χ2n) is 6.03. The molecule has 0 aromatic heterocycles. The van der Waals surface area contributed by atoms with Crippen LogP contribution >= 0.6 is 0 Å². The van der Waals surface area contributed by atoms with Crippen molar-refractivity contribution < 1.29 is 23.9 Å². The van der Waals surface area contributed by atoms with Gasteiger partial charge in [0.25, 0.3) is 0 Å². The summed E-state index contributed by atoms with van der Waals surface area (Å²) >= 11 is 0. The largest absolute Gasteiger partial charge is 0.454 e. The topological polar surface area (TPSA) is 61.2 Å². The molecule has 2 aliphatic rings. The molecule has 0 radical (unpaired) electrons. The van der Waals surface area contributed by atoms with Gasteiger partial charge in [-0.15, -0.1) is 0 Å². The normalized spacial score (nSPS) is 26.7. The first kappa shape index (κ1) is 15.1. The molecule has 1 saturated heterocycles. The summed E-state index contributed by atoms with van der Waals surface area (Å²) in [5.41, 5.74) is 0.743. The average Bonchev–Trinajstić information content (AvgIpc) is 2.92. The van der Waals surface area contributed by atoms with Crippen LogP contribution in [0.4, 0.5) is 5.69 Å². The van der Waals surface area contributed by atoms with Gasteiger partial charge < -0.3 is 24.4 Å². The van der Waals surface area contributed by atoms with E-state index < -0.39 is 0 Å². The number of anilines is 1. The molecule has 2 aliphatic heterocycles. The highest BCUT2D eigenvalue weighted by Crippen LogP contribution is 2.34. The summed E-state index contributed by atoms with van der Waals surface area (Å²) in [5, 5.41) is 2.91. The molecule has 1 fully saturated rings. The zero-order valence-corrected chi connectivity index (χ0v) is 13.1. The number of carbonyl (C=O) groups excluding carboxylic acids is 1. The lowest BCUT2D eigenvalue weighted by molar-refractivity contribution is -0.914. The van der Waals surface area contributed by atoms with E-state index in [2.05, 4.69) is 19.2 Å². The highest BCUT2D eigenvalue weighted by molar-refractivity contribution is 5.91. The number of carbonyl (C=O) groups is 1. The quantitative estimate of drug-likeness (QED) is 0.847. The molecule has 2 atom stereocenters. The van der Waals surface area contributed by atoms with E-state index in [4.69, 9.17) is 14.2 Å².